The predicted molar refractivity (Wildman–Crippen MR) is 63.1 cm³/mol. The maximum absolute atomic E-state index is 9.85. The molecular formula is C11H17NO2S. The number of aliphatic hydroxyl groups is 2. The Hall–Kier alpha value is -0.580. The predicted octanol–water partition coefficient (Wildman–Crippen LogP) is 1.41. The molecule has 0 aliphatic carbocycles. The lowest BCUT2D eigenvalue weighted by Gasteiger charge is -2.18. The Balaban J connectivity index is 2.86. The molecule has 0 aromatic carbocycles. The maximum atomic E-state index is 9.85. The van der Waals surface area contributed by atoms with E-state index in [0.717, 1.165) is 11.1 Å². The third kappa shape index (κ3) is 3.19. The van der Waals surface area contributed by atoms with Crippen molar-refractivity contribution in [3.8, 4) is 0 Å². The SMILES string of the molecule is Cc1cnc(C(O)C(O)CCS)c(C)c1. The average Bonchev–Trinajstić information content (AvgIpc) is 2.17. The zero-order valence-electron chi connectivity index (χ0n) is 9.01. The summed E-state index contributed by atoms with van der Waals surface area (Å²) in [5.41, 5.74) is 2.50. The standard InChI is InChI=1S/C11H17NO2S/c1-7-5-8(2)10(12-6-7)11(14)9(13)3-4-15/h5-6,9,11,13-15H,3-4H2,1-2H3. The van der Waals surface area contributed by atoms with Crippen LogP contribution in [0.5, 0.6) is 0 Å². The summed E-state index contributed by atoms with van der Waals surface area (Å²) < 4.78 is 0. The van der Waals surface area contributed by atoms with Crippen molar-refractivity contribution >= 4 is 12.6 Å². The number of aryl methyl sites for hydroxylation is 2. The highest BCUT2D eigenvalue weighted by Crippen LogP contribution is 2.20. The van der Waals surface area contributed by atoms with Gasteiger partial charge in [0, 0.05) is 6.20 Å². The molecule has 0 spiro atoms. The molecule has 1 aromatic heterocycles. The molecule has 84 valence electrons. The number of rotatable bonds is 4. The van der Waals surface area contributed by atoms with Gasteiger partial charge in [0.15, 0.2) is 0 Å². The van der Waals surface area contributed by atoms with Crippen LogP contribution in [0.3, 0.4) is 0 Å². The molecule has 2 unspecified atom stereocenters. The molecule has 0 bridgehead atoms. The van der Waals surface area contributed by atoms with Crippen LogP contribution in [0.15, 0.2) is 12.3 Å². The fraction of sp³-hybridized carbons (Fsp3) is 0.545. The van der Waals surface area contributed by atoms with E-state index < -0.39 is 12.2 Å². The van der Waals surface area contributed by atoms with E-state index in [4.69, 9.17) is 0 Å². The van der Waals surface area contributed by atoms with Gasteiger partial charge < -0.3 is 10.2 Å². The van der Waals surface area contributed by atoms with Gasteiger partial charge in [0.2, 0.25) is 0 Å². The third-order valence-corrected chi connectivity index (χ3v) is 2.58. The topological polar surface area (TPSA) is 53.4 Å². The second-order valence-electron chi connectivity index (χ2n) is 3.74. The Morgan fingerprint density at radius 1 is 1.40 bits per heavy atom. The summed E-state index contributed by atoms with van der Waals surface area (Å²) in [6.45, 7) is 3.83. The van der Waals surface area contributed by atoms with Crippen molar-refractivity contribution in [2.75, 3.05) is 5.75 Å². The largest absolute Gasteiger partial charge is 0.390 e. The quantitative estimate of drug-likeness (QED) is 0.682. The summed E-state index contributed by atoms with van der Waals surface area (Å²) in [6, 6.07) is 1.94. The molecule has 0 aliphatic rings. The number of thiol groups is 1. The van der Waals surface area contributed by atoms with Gasteiger partial charge in [-0.3, -0.25) is 4.98 Å². The number of aromatic nitrogens is 1. The molecular weight excluding hydrogens is 210 g/mol. The van der Waals surface area contributed by atoms with Gasteiger partial charge in [-0.25, -0.2) is 0 Å². The fourth-order valence-corrected chi connectivity index (χ4v) is 1.77. The summed E-state index contributed by atoms with van der Waals surface area (Å²) in [5, 5.41) is 19.5. The van der Waals surface area contributed by atoms with Crippen molar-refractivity contribution in [1.82, 2.24) is 4.98 Å². The van der Waals surface area contributed by atoms with Gasteiger partial charge >= 0.3 is 0 Å². The first-order chi connectivity index (χ1) is 7.06. The number of aliphatic hydroxyl groups excluding tert-OH is 2. The normalized spacial score (nSPS) is 15.0. The minimum atomic E-state index is -0.919. The molecule has 2 atom stereocenters. The van der Waals surface area contributed by atoms with Crippen LogP contribution in [0, 0.1) is 13.8 Å². The first-order valence-electron chi connectivity index (χ1n) is 4.96. The van der Waals surface area contributed by atoms with Gasteiger partial charge in [-0.2, -0.15) is 12.6 Å². The van der Waals surface area contributed by atoms with Crippen molar-refractivity contribution in [3.05, 3.63) is 29.1 Å². The molecule has 1 aromatic rings. The van der Waals surface area contributed by atoms with Crippen LogP contribution in [0.25, 0.3) is 0 Å². The molecule has 0 amide bonds. The molecule has 2 N–H and O–H groups in total. The van der Waals surface area contributed by atoms with Crippen molar-refractivity contribution in [3.63, 3.8) is 0 Å². The number of hydrogen-bond donors (Lipinski definition) is 3. The Morgan fingerprint density at radius 3 is 2.60 bits per heavy atom. The van der Waals surface area contributed by atoms with Gasteiger partial charge in [0.25, 0.3) is 0 Å². The highest BCUT2D eigenvalue weighted by Gasteiger charge is 2.20. The van der Waals surface area contributed by atoms with Crippen LogP contribution in [0.2, 0.25) is 0 Å². The molecule has 0 saturated carbocycles. The molecule has 3 nitrogen and oxygen atoms in total. The van der Waals surface area contributed by atoms with E-state index in [9.17, 15) is 10.2 Å². The lowest BCUT2D eigenvalue weighted by molar-refractivity contribution is 0.0143. The lowest BCUT2D eigenvalue weighted by Crippen LogP contribution is -2.20. The van der Waals surface area contributed by atoms with E-state index in [0.29, 0.717) is 17.9 Å². The Labute approximate surface area is 95.6 Å². The number of nitrogens with zero attached hydrogens (tertiary/aromatic N) is 1. The molecule has 4 heteroatoms. The van der Waals surface area contributed by atoms with Crippen LogP contribution in [-0.2, 0) is 0 Å². The van der Waals surface area contributed by atoms with E-state index >= 15 is 0 Å². The van der Waals surface area contributed by atoms with Crippen molar-refractivity contribution in [2.24, 2.45) is 0 Å². The highest BCUT2D eigenvalue weighted by molar-refractivity contribution is 7.80. The van der Waals surface area contributed by atoms with Crippen LogP contribution < -0.4 is 0 Å². The number of pyridine rings is 1. The van der Waals surface area contributed by atoms with Crippen LogP contribution in [0.4, 0.5) is 0 Å². The lowest BCUT2D eigenvalue weighted by atomic mass is 10.0. The van der Waals surface area contributed by atoms with Gasteiger partial charge in [-0.1, -0.05) is 6.07 Å². The average molecular weight is 227 g/mol. The van der Waals surface area contributed by atoms with Gasteiger partial charge in [0.05, 0.1) is 11.8 Å². The molecule has 0 saturated heterocycles. The Bertz CT molecular complexity index is 330. The Kier molecular flexibility index (Phi) is 4.57. The molecule has 0 radical (unpaired) electrons. The minimum Gasteiger partial charge on any atom is -0.390 e. The second-order valence-corrected chi connectivity index (χ2v) is 4.19. The first-order valence-corrected chi connectivity index (χ1v) is 5.59. The summed E-state index contributed by atoms with van der Waals surface area (Å²) >= 11 is 4.02. The second kappa shape index (κ2) is 5.49. The van der Waals surface area contributed by atoms with Crippen molar-refractivity contribution in [1.29, 1.82) is 0 Å². The van der Waals surface area contributed by atoms with E-state index in [1.54, 1.807) is 6.20 Å². The van der Waals surface area contributed by atoms with Gasteiger partial charge in [-0.15, -0.1) is 0 Å². The van der Waals surface area contributed by atoms with Crippen LogP contribution >= 0.6 is 12.6 Å². The molecule has 0 fully saturated rings. The summed E-state index contributed by atoms with van der Waals surface area (Å²) in [4.78, 5) is 4.15. The van der Waals surface area contributed by atoms with Crippen molar-refractivity contribution in [2.45, 2.75) is 32.5 Å². The monoisotopic (exact) mass is 227 g/mol. The first kappa shape index (κ1) is 12.5. The van der Waals surface area contributed by atoms with Gasteiger partial charge in [0.1, 0.15) is 6.10 Å². The summed E-state index contributed by atoms with van der Waals surface area (Å²) in [6.07, 6.45) is 0.437. The molecule has 15 heavy (non-hydrogen) atoms. The number of hydrogen-bond acceptors (Lipinski definition) is 4. The molecule has 1 heterocycles. The summed E-state index contributed by atoms with van der Waals surface area (Å²) in [7, 11) is 0. The zero-order valence-corrected chi connectivity index (χ0v) is 9.91. The van der Waals surface area contributed by atoms with E-state index in [2.05, 4.69) is 17.6 Å². The Morgan fingerprint density at radius 2 is 2.07 bits per heavy atom. The zero-order chi connectivity index (χ0) is 11.4. The third-order valence-electron chi connectivity index (χ3n) is 2.32. The van der Waals surface area contributed by atoms with Crippen LogP contribution in [-0.4, -0.2) is 27.1 Å². The maximum Gasteiger partial charge on any atom is 0.122 e. The fourth-order valence-electron chi connectivity index (χ4n) is 1.51. The van der Waals surface area contributed by atoms with Crippen molar-refractivity contribution < 1.29 is 10.2 Å². The highest BCUT2D eigenvalue weighted by atomic mass is 32.1. The van der Waals surface area contributed by atoms with Crippen LogP contribution in [0.1, 0.15) is 29.3 Å². The van der Waals surface area contributed by atoms with E-state index in [1.165, 1.54) is 0 Å². The molecule has 1 rings (SSSR count). The molecule has 0 aliphatic heterocycles. The minimum absolute atomic E-state index is 0.458. The smallest absolute Gasteiger partial charge is 0.122 e. The van der Waals surface area contributed by atoms with E-state index in [-0.39, 0.29) is 0 Å². The van der Waals surface area contributed by atoms with E-state index in [1.807, 2.05) is 19.9 Å². The summed E-state index contributed by atoms with van der Waals surface area (Å²) in [5.74, 6) is 0.545. The van der Waals surface area contributed by atoms with Gasteiger partial charge in [-0.05, 0) is 37.1 Å².